The minimum absolute atomic E-state index is 0.584. The minimum Gasteiger partial charge on any atom is -0.378 e. The van der Waals surface area contributed by atoms with Gasteiger partial charge in [0.25, 0.3) is 0 Å². The van der Waals surface area contributed by atoms with Crippen LogP contribution >= 0.6 is 0 Å². The van der Waals surface area contributed by atoms with Crippen molar-refractivity contribution in [1.82, 2.24) is 9.97 Å². The van der Waals surface area contributed by atoms with E-state index in [-0.39, 0.29) is 0 Å². The number of aromatic nitrogens is 2. The van der Waals surface area contributed by atoms with Crippen molar-refractivity contribution in [3.63, 3.8) is 0 Å². The van der Waals surface area contributed by atoms with E-state index in [1.807, 2.05) is 6.07 Å². The zero-order valence-corrected chi connectivity index (χ0v) is 13.8. The standard InChI is InChI=1S/C18H24N4O/c1-14(2)12-19-18-11-17(20-13-21-18)15-3-5-16(6-4-15)22-7-9-23-10-8-22/h3-6,11,13-14H,7-10,12H2,1-2H3,(H,19,20,21). The topological polar surface area (TPSA) is 50.3 Å². The van der Waals surface area contributed by atoms with Crippen LogP contribution in [0.25, 0.3) is 11.3 Å². The first-order chi connectivity index (χ1) is 11.2. The summed E-state index contributed by atoms with van der Waals surface area (Å²) < 4.78 is 5.40. The summed E-state index contributed by atoms with van der Waals surface area (Å²) in [4.78, 5) is 11.0. The molecule has 3 rings (SSSR count). The van der Waals surface area contributed by atoms with Gasteiger partial charge >= 0.3 is 0 Å². The molecule has 1 aliphatic heterocycles. The third-order valence-electron chi connectivity index (χ3n) is 3.90. The molecule has 0 saturated carbocycles. The number of anilines is 2. The van der Waals surface area contributed by atoms with Crippen molar-refractivity contribution in [2.75, 3.05) is 43.1 Å². The Morgan fingerprint density at radius 2 is 1.87 bits per heavy atom. The van der Waals surface area contributed by atoms with E-state index < -0.39 is 0 Å². The predicted octanol–water partition coefficient (Wildman–Crippen LogP) is 3.05. The van der Waals surface area contributed by atoms with Gasteiger partial charge in [-0.25, -0.2) is 9.97 Å². The molecule has 2 heterocycles. The van der Waals surface area contributed by atoms with E-state index in [1.54, 1.807) is 6.33 Å². The lowest BCUT2D eigenvalue weighted by Crippen LogP contribution is -2.36. The third kappa shape index (κ3) is 4.20. The number of hydrogen-bond acceptors (Lipinski definition) is 5. The number of nitrogens with zero attached hydrogens (tertiary/aromatic N) is 3. The van der Waals surface area contributed by atoms with Crippen molar-refractivity contribution in [2.45, 2.75) is 13.8 Å². The smallest absolute Gasteiger partial charge is 0.129 e. The highest BCUT2D eigenvalue weighted by Gasteiger charge is 2.11. The molecule has 1 fully saturated rings. The van der Waals surface area contributed by atoms with Crippen molar-refractivity contribution < 1.29 is 4.74 Å². The van der Waals surface area contributed by atoms with Gasteiger partial charge in [0.1, 0.15) is 12.1 Å². The van der Waals surface area contributed by atoms with Crippen LogP contribution in [-0.4, -0.2) is 42.8 Å². The van der Waals surface area contributed by atoms with Crippen LogP contribution in [0, 0.1) is 5.92 Å². The Morgan fingerprint density at radius 3 is 2.57 bits per heavy atom. The largest absolute Gasteiger partial charge is 0.378 e. The maximum atomic E-state index is 5.40. The summed E-state index contributed by atoms with van der Waals surface area (Å²) in [5, 5.41) is 3.34. The number of rotatable bonds is 5. The van der Waals surface area contributed by atoms with Crippen LogP contribution in [0.1, 0.15) is 13.8 Å². The van der Waals surface area contributed by atoms with Crippen LogP contribution in [0.15, 0.2) is 36.7 Å². The number of ether oxygens (including phenoxy) is 1. The van der Waals surface area contributed by atoms with Gasteiger partial charge in [0.05, 0.1) is 18.9 Å². The summed E-state index contributed by atoms with van der Waals surface area (Å²) in [6.07, 6.45) is 1.62. The van der Waals surface area contributed by atoms with Crippen LogP contribution in [0.2, 0.25) is 0 Å². The average molecular weight is 312 g/mol. The molecule has 0 atom stereocenters. The molecule has 1 aromatic carbocycles. The molecule has 0 amide bonds. The molecule has 0 radical (unpaired) electrons. The zero-order chi connectivity index (χ0) is 16.1. The molecule has 5 heteroatoms. The van der Waals surface area contributed by atoms with E-state index in [0.29, 0.717) is 5.92 Å². The third-order valence-corrected chi connectivity index (χ3v) is 3.90. The minimum atomic E-state index is 0.584. The van der Waals surface area contributed by atoms with Gasteiger partial charge in [-0.2, -0.15) is 0 Å². The van der Waals surface area contributed by atoms with E-state index in [2.05, 4.69) is 58.3 Å². The highest BCUT2D eigenvalue weighted by atomic mass is 16.5. The lowest BCUT2D eigenvalue weighted by atomic mass is 10.1. The average Bonchev–Trinajstić information content (AvgIpc) is 2.61. The zero-order valence-electron chi connectivity index (χ0n) is 13.8. The number of hydrogen-bond donors (Lipinski definition) is 1. The first kappa shape index (κ1) is 15.7. The quantitative estimate of drug-likeness (QED) is 0.919. The second kappa shape index (κ2) is 7.42. The van der Waals surface area contributed by atoms with Crippen LogP contribution in [-0.2, 0) is 4.74 Å². The van der Waals surface area contributed by atoms with Gasteiger partial charge in [0, 0.05) is 37.0 Å². The van der Waals surface area contributed by atoms with Crippen molar-refractivity contribution in [3.8, 4) is 11.3 Å². The van der Waals surface area contributed by atoms with Gasteiger partial charge in [-0.05, 0) is 18.1 Å². The first-order valence-electron chi connectivity index (χ1n) is 8.21. The maximum absolute atomic E-state index is 5.40. The van der Waals surface area contributed by atoms with E-state index in [4.69, 9.17) is 4.74 Å². The van der Waals surface area contributed by atoms with E-state index >= 15 is 0 Å². The van der Waals surface area contributed by atoms with Gasteiger partial charge in [0.15, 0.2) is 0 Å². The monoisotopic (exact) mass is 312 g/mol. The second-order valence-electron chi connectivity index (χ2n) is 6.21. The Morgan fingerprint density at radius 1 is 1.13 bits per heavy atom. The van der Waals surface area contributed by atoms with Gasteiger partial charge in [-0.3, -0.25) is 0 Å². The van der Waals surface area contributed by atoms with E-state index in [0.717, 1.165) is 49.9 Å². The summed E-state index contributed by atoms with van der Waals surface area (Å²) in [5.41, 5.74) is 3.29. The second-order valence-corrected chi connectivity index (χ2v) is 6.21. The van der Waals surface area contributed by atoms with Crippen molar-refractivity contribution >= 4 is 11.5 Å². The summed E-state index contributed by atoms with van der Waals surface area (Å²) in [6.45, 7) is 8.79. The number of benzene rings is 1. The van der Waals surface area contributed by atoms with Crippen molar-refractivity contribution in [2.24, 2.45) is 5.92 Å². The molecule has 1 N–H and O–H groups in total. The molecule has 5 nitrogen and oxygen atoms in total. The molecule has 23 heavy (non-hydrogen) atoms. The normalized spacial score (nSPS) is 15.0. The Balaban J connectivity index is 1.72. The fourth-order valence-corrected chi connectivity index (χ4v) is 2.59. The molecule has 2 aromatic rings. The Bertz CT molecular complexity index is 621. The highest BCUT2D eigenvalue weighted by molar-refractivity contribution is 5.65. The summed E-state index contributed by atoms with van der Waals surface area (Å²) in [7, 11) is 0. The fourth-order valence-electron chi connectivity index (χ4n) is 2.59. The van der Waals surface area contributed by atoms with Crippen LogP contribution in [0.5, 0.6) is 0 Å². The lowest BCUT2D eigenvalue weighted by molar-refractivity contribution is 0.122. The van der Waals surface area contributed by atoms with E-state index in [9.17, 15) is 0 Å². The Labute approximate surface area is 137 Å². The fraction of sp³-hybridized carbons (Fsp3) is 0.444. The van der Waals surface area contributed by atoms with Gasteiger partial charge in [-0.1, -0.05) is 26.0 Å². The molecule has 0 aliphatic carbocycles. The summed E-state index contributed by atoms with van der Waals surface area (Å²) >= 11 is 0. The van der Waals surface area contributed by atoms with Crippen LogP contribution in [0.3, 0.4) is 0 Å². The molecule has 0 spiro atoms. The van der Waals surface area contributed by atoms with Crippen LogP contribution < -0.4 is 10.2 Å². The van der Waals surface area contributed by atoms with Gasteiger partial charge in [0.2, 0.25) is 0 Å². The van der Waals surface area contributed by atoms with Gasteiger partial charge < -0.3 is 15.0 Å². The Hall–Kier alpha value is -2.14. The maximum Gasteiger partial charge on any atom is 0.129 e. The van der Waals surface area contributed by atoms with Crippen molar-refractivity contribution in [1.29, 1.82) is 0 Å². The van der Waals surface area contributed by atoms with E-state index in [1.165, 1.54) is 5.69 Å². The molecule has 1 saturated heterocycles. The highest BCUT2D eigenvalue weighted by Crippen LogP contribution is 2.23. The number of nitrogens with one attached hydrogen (secondary N) is 1. The predicted molar refractivity (Wildman–Crippen MR) is 93.8 cm³/mol. The lowest BCUT2D eigenvalue weighted by Gasteiger charge is -2.28. The van der Waals surface area contributed by atoms with Gasteiger partial charge in [-0.15, -0.1) is 0 Å². The molecule has 1 aliphatic rings. The van der Waals surface area contributed by atoms with Crippen LogP contribution in [0.4, 0.5) is 11.5 Å². The SMILES string of the molecule is CC(C)CNc1cc(-c2ccc(N3CCOCC3)cc2)ncn1. The molecule has 0 unspecified atom stereocenters. The first-order valence-corrected chi connectivity index (χ1v) is 8.21. The molecule has 0 bridgehead atoms. The Kier molecular flexibility index (Phi) is 5.08. The molecule has 1 aromatic heterocycles. The summed E-state index contributed by atoms with van der Waals surface area (Å²) in [6, 6.07) is 10.6. The molecular weight excluding hydrogens is 288 g/mol. The molecular formula is C18H24N4O. The van der Waals surface area contributed by atoms with Crippen molar-refractivity contribution in [3.05, 3.63) is 36.7 Å². The molecule has 122 valence electrons. The summed E-state index contributed by atoms with van der Waals surface area (Å²) in [5.74, 6) is 1.46. The number of morpholine rings is 1.